The highest BCUT2D eigenvalue weighted by Crippen LogP contribution is 2.21. The van der Waals surface area contributed by atoms with Gasteiger partial charge in [0, 0.05) is 27.2 Å². The predicted octanol–water partition coefficient (Wildman–Crippen LogP) is 1.15. The van der Waals surface area contributed by atoms with Crippen molar-refractivity contribution in [2.24, 2.45) is 11.8 Å². The number of carbonyl (C=O) groups excluding carboxylic acids is 2. The number of rotatable bonds is 2. The lowest BCUT2D eigenvalue weighted by atomic mass is 9.97. The molecule has 2 atom stereocenters. The molecule has 0 spiro atoms. The standard InChI is InChI=1S/C13H25N3O2/c1-10-5-6-16(9-11(2)7-10)13(18)14-8-12(17)15(3)4/h10-11H,5-9H2,1-4H3,(H,14,18)/t10-,11-/m1/s1. The van der Waals surface area contributed by atoms with Gasteiger partial charge in [-0.05, 0) is 24.7 Å². The number of nitrogens with one attached hydrogen (secondary N) is 1. The fourth-order valence-electron chi connectivity index (χ4n) is 2.33. The largest absolute Gasteiger partial charge is 0.347 e. The molecule has 0 radical (unpaired) electrons. The number of likely N-dealkylation sites (N-methyl/N-ethyl adjacent to an activating group) is 1. The van der Waals surface area contributed by atoms with Gasteiger partial charge in [0.2, 0.25) is 5.91 Å². The molecule has 1 fully saturated rings. The van der Waals surface area contributed by atoms with E-state index in [0.717, 1.165) is 19.5 Å². The zero-order valence-corrected chi connectivity index (χ0v) is 11.9. The summed E-state index contributed by atoms with van der Waals surface area (Å²) in [5.74, 6) is 1.11. The van der Waals surface area contributed by atoms with Crippen molar-refractivity contribution in [3.63, 3.8) is 0 Å². The maximum atomic E-state index is 12.0. The van der Waals surface area contributed by atoms with E-state index in [-0.39, 0.29) is 18.5 Å². The Hall–Kier alpha value is -1.26. The molecule has 1 N–H and O–H groups in total. The summed E-state index contributed by atoms with van der Waals surface area (Å²) >= 11 is 0. The first-order chi connectivity index (χ1) is 8.40. The predicted molar refractivity (Wildman–Crippen MR) is 71.2 cm³/mol. The number of likely N-dealkylation sites (tertiary alicyclic amines) is 1. The molecule has 1 aliphatic heterocycles. The van der Waals surface area contributed by atoms with Gasteiger partial charge in [-0.25, -0.2) is 4.79 Å². The third-order valence-electron chi connectivity index (χ3n) is 3.41. The molecule has 0 aliphatic carbocycles. The smallest absolute Gasteiger partial charge is 0.317 e. The van der Waals surface area contributed by atoms with E-state index in [1.165, 1.54) is 11.3 Å². The Morgan fingerprint density at radius 3 is 2.56 bits per heavy atom. The lowest BCUT2D eigenvalue weighted by Gasteiger charge is -2.23. The van der Waals surface area contributed by atoms with E-state index in [2.05, 4.69) is 19.2 Å². The average Bonchev–Trinajstić information content (AvgIpc) is 2.46. The Labute approximate surface area is 110 Å². The van der Waals surface area contributed by atoms with E-state index in [0.29, 0.717) is 11.8 Å². The minimum Gasteiger partial charge on any atom is -0.347 e. The van der Waals surface area contributed by atoms with E-state index in [4.69, 9.17) is 0 Å². The van der Waals surface area contributed by atoms with Crippen LogP contribution >= 0.6 is 0 Å². The number of urea groups is 1. The Balaban J connectivity index is 2.43. The zero-order chi connectivity index (χ0) is 13.7. The topological polar surface area (TPSA) is 52.7 Å². The summed E-state index contributed by atoms with van der Waals surface area (Å²) < 4.78 is 0. The van der Waals surface area contributed by atoms with Crippen molar-refractivity contribution in [2.75, 3.05) is 33.7 Å². The Bertz CT molecular complexity index is 305. The van der Waals surface area contributed by atoms with Crippen molar-refractivity contribution in [3.05, 3.63) is 0 Å². The van der Waals surface area contributed by atoms with E-state index >= 15 is 0 Å². The molecule has 5 heteroatoms. The molecular weight excluding hydrogens is 230 g/mol. The first-order valence-electron chi connectivity index (χ1n) is 6.63. The first-order valence-corrected chi connectivity index (χ1v) is 6.63. The summed E-state index contributed by atoms with van der Waals surface area (Å²) in [7, 11) is 3.37. The van der Waals surface area contributed by atoms with Gasteiger partial charge in [0.05, 0.1) is 6.54 Å². The average molecular weight is 255 g/mol. The lowest BCUT2D eigenvalue weighted by Crippen LogP contribution is -2.45. The maximum Gasteiger partial charge on any atom is 0.317 e. The number of amides is 3. The van der Waals surface area contributed by atoms with Crippen LogP contribution < -0.4 is 5.32 Å². The third-order valence-corrected chi connectivity index (χ3v) is 3.41. The molecule has 1 aliphatic rings. The van der Waals surface area contributed by atoms with E-state index in [9.17, 15) is 9.59 Å². The fraction of sp³-hybridized carbons (Fsp3) is 0.846. The summed E-state index contributed by atoms with van der Waals surface area (Å²) in [6, 6.07) is -0.119. The van der Waals surface area contributed by atoms with Crippen LogP contribution in [0.4, 0.5) is 4.79 Å². The van der Waals surface area contributed by atoms with Crippen LogP contribution in [0, 0.1) is 11.8 Å². The first kappa shape index (κ1) is 14.8. The van der Waals surface area contributed by atoms with Crippen molar-refractivity contribution < 1.29 is 9.59 Å². The highest BCUT2D eigenvalue weighted by molar-refractivity contribution is 5.83. The minimum absolute atomic E-state index is 0.0757. The molecule has 0 aromatic rings. The van der Waals surface area contributed by atoms with Gasteiger partial charge in [0.15, 0.2) is 0 Å². The van der Waals surface area contributed by atoms with Gasteiger partial charge in [-0.2, -0.15) is 0 Å². The van der Waals surface area contributed by atoms with Gasteiger partial charge in [0.25, 0.3) is 0 Å². The van der Waals surface area contributed by atoms with Crippen LogP contribution in [-0.2, 0) is 4.79 Å². The molecule has 3 amide bonds. The van der Waals surface area contributed by atoms with Crippen LogP contribution in [0.15, 0.2) is 0 Å². The Morgan fingerprint density at radius 1 is 1.28 bits per heavy atom. The summed E-state index contributed by atoms with van der Waals surface area (Å²) in [5, 5.41) is 2.69. The normalized spacial score (nSPS) is 24.3. The highest BCUT2D eigenvalue weighted by atomic mass is 16.2. The SMILES string of the molecule is C[C@@H]1CCN(C(=O)NCC(=O)N(C)C)C[C@H](C)C1. The second-order valence-electron chi connectivity index (χ2n) is 5.63. The molecule has 104 valence electrons. The molecule has 1 heterocycles. The van der Waals surface area contributed by atoms with Gasteiger partial charge in [0.1, 0.15) is 0 Å². The van der Waals surface area contributed by atoms with Crippen molar-refractivity contribution in [3.8, 4) is 0 Å². The molecule has 1 rings (SSSR count). The number of hydrogen-bond acceptors (Lipinski definition) is 2. The zero-order valence-electron chi connectivity index (χ0n) is 11.9. The molecule has 0 unspecified atom stereocenters. The van der Waals surface area contributed by atoms with Gasteiger partial charge in [-0.1, -0.05) is 13.8 Å². The Kier molecular flexibility index (Phi) is 5.44. The molecule has 1 saturated heterocycles. The molecule has 0 saturated carbocycles. The van der Waals surface area contributed by atoms with E-state index in [1.54, 1.807) is 14.1 Å². The second-order valence-corrected chi connectivity index (χ2v) is 5.63. The third kappa shape index (κ3) is 4.55. The summed E-state index contributed by atoms with van der Waals surface area (Å²) in [5.41, 5.74) is 0. The quantitative estimate of drug-likeness (QED) is 0.805. The van der Waals surface area contributed by atoms with Crippen LogP contribution in [0.5, 0.6) is 0 Å². The van der Waals surface area contributed by atoms with Gasteiger partial charge in [-0.3, -0.25) is 4.79 Å². The molecule has 5 nitrogen and oxygen atoms in total. The van der Waals surface area contributed by atoms with Crippen molar-refractivity contribution >= 4 is 11.9 Å². The van der Waals surface area contributed by atoms with Crippen molar-refractivity contribution in [1.82, 2.24) is 15.1 Å². The van der Waals surface area contributed by atoms with E-state index in [1.807, 2.05) is 4.90 Å². The molecule has 0 bridgehead atoms. The van der Waals surface area contributed by atoms with Crippen LogP contribution in [-0.4, -0.2) is 55.5 Å². The second kappa shape index (κ2) is 6.61. The molecule has 18 heavy (non-hydrogen) atoms. The van der Waals surface area contributed by atoms with Crippen LogP contribution in [0.3, 0.4) is 0 Å². The number of nitrogens with zero attached hydrogens (tertiary/aromatic N) is 2. The van der Waals surface area contributed by atoms with Crippen molar-refractivity contribution in [2.45, 2.75) is 26.7 Å². The summed E-state index contributed by atoms with van der Waals surface area (Å²) in [4.78, 5) is 26.7. The molecule has 0 aromatic heterocycles. The fourth-order valence-corrected chi connectivity index (χ4v) is 2.33. The van der Waals surface area contributed by atoms with Gasteiger partial charge in [-0.15, -0.1) is 0 Å². The minimum atomic E-state index is -0.119. The summed E-state index contributed by atoms with van der Waals surface area (Å²) in [6.07, 6.45) is 2.21. The molecular formula is C13H25N3O2. The Morgan fingerprint density at radius 2 is 1.94 bits per heavy atom. The number of carbonyl (C=O) groups is 2. The van der Waals surface area contributed by atoms with Gasteiger partial charge < -0.3 is 15.1 Å². The van der Waals surface area contributed by atoms with Crippen molar-refractivity contribution in [1.29, 1.82) is 0 Å². The summed E-state index contributed by atoms with van der Waals surface area (Å²) in [6.45, 7) is 6.05. The van der Waals surface area contributed by atoms with Crippen LogP contribution in [0.1, 0.15) is 26.7 Å². The van der Waals surface area contributed by atoms with Crippen LogP contribution in [0.2, 0.25) is 0 Å². The maximum absolute atomic E-state index is 12.0. The lowest BCUT2D eigenvalue weighted by molar-refractivity contribution is -0.127. The monoisotopic (exact) mass is 255 g/mol. The highest BCUT2D eigenvalue weighted by Gasteiger charge is 2.22. The molecule has 0 aromatic carbocycles. The van der Waals surface area contributed by atoms with Crippen LogP contribution in [0.25, 0.3) is 0 Å². The van der Waals surface area contributed by atoms with E-state index < -0.39 is 0 Å². The van der Waals surface area contributed by atoms with Gasteiger partial charge >= 0.3 is 6.03 Å². The number of hydrogen-bond donors (Lipinski definition) is 1.